The number of anilines is 6. The van der Waals surface area contributed by atoms with Gasteiger partial charge in [0.05, 0.1) is 0 Å². The Morgan fingerprint density at radius 2 is 0.662 bits per heavy atom. The van der Waals surface area contributed by atoms with E-state index in [1.807, 2.05) is 0 Å². The maximum absolute atomic E-state index is 2.65. The second-order valence-electron chi connectivity index (χ2n) is 21.2. The van der Waals surface area contributed by atoms with Crippen LogP contribution in [0, 0.1) is 0 Å². The molecule has 2 heterocycles. The van der Waals surface area contributed by atoms with Crippen LogP contribution in [0.2, 0.25) is 0 Å². The molecule has 0 saturated carbocycles. The molecule has 0 radical (unpaired) electrons. The SMILES string of the molecule is CC1(C)CCC(C)(C)c2cc3c(cc21)B1c2ccc(-c4ccccc4)cc2N(c2cc(-c4ccccc4)cc(-c4ccccc4)c2)c2cccc(c21)N3c1cc(-c2ccccc2)cc(-c2ccccc2)c1. The highest BCUT2D eigenvalue weighted by molar-refractivity contribution is 7.00. The van der Waals surface area contributed by atoms with E-state index in [0.29, 0.717) is 0 Å². The quantitative estimate of drug-likeness (QED) is 0.147. The molecule has 2 aliphatic heterocycles. The highest BCUT2D eigenvalue weighted by Crippen LogP contribution is 2.51. The van der Waals surface area contributed by atoms with E-state index in [1.165, 1.54) is 106 Å². The van der Waals surface area contributed by atoms with E-state index in [1.54, 1.807) is 0 Å². The number of fused-ring (bicyclic) bond motifs is 5. The second kappa shape index (κ2) is 16.8. The molecule has 1 aliphatic carbocycles. The fourth-order valence-corrected chi connectivity index (χ4v) is 12.0. The highest BCUT2D eigenvalue weighted by atomic mass is 15.2. The van der Waals surface area contributed by atoms with E-state index < -0.39 is 0 Å². The molecule has 0 spiro atoms. The molecule has 0 bridgehead atoms. The van der Waals surface area contributed by atoms with Gasteiger partial charge in [-0.3, -0.25) is 0 Å². The van der Waals surface area contributed by atoms with E-state index >= 15 is 0 Å². The zero-order valence-electron chi connectivity index (χ0n) is 40.9. The maximum Gasteiger partial charge on any atom is 0.252 e. The van der Waals surface area contributed by atoms with E-state index in [2.05, 4.69) is 274 Å². The Bertz CT molecular complexity index is 3520. The van der Waals surface area contributed by atoms with Crippen molar-refractivity contribution >= 4 is 57.2 Å². The summed E-state index contributed by atoms with van der Waals surface area (Å²) in [6, 6.07) is 88.4. The van der Waals surface area contributed by atoms with E-state index in [-0.39, 0.29) is 17.5 Å². The summed E-state index contributed by atoms with van der Waals surface area (Å²) in [5, 5.41) is 0. The molecule has 0 saturated heterocycles. The Labute approximate surface area is 419 Å². The van der Waals surface area contributed by atoms with E-state index in [9.17, 15) is 0 Å². The van der Waals surface area contributed by atoms with Crippen molar-refractivity contribution in [3.63, 3.8) is 0 Å². The molecule has 0 aromatic heterocycles. The van der Waals surface area contributed by atoms with Crippen molar-refractivity contribution in [1.82, 2.24) is 0 Å². The van der Waals surface area contributed by atoms with Crippen LogP contribution in [-0.2, 0) is 10.8 Å². The van der Waals surface area contributed by atoms with Gasteiger partial charge in [0.15, 0.2) is 0 Å². The first-order chi connectivity index (χ1) is 34.7. The number of hydrogen-bond donors (Lipinski definition) is 0. The lowest BCUT2D eigenvalue weighted by molar-refractivity contribution is 0.332. The molecule has 3 aliphatic rings. The molecule has 2 nitrogen and oxygen atoms in total. The Hall–Kier alpha value is -8.14. The van der Waals surface area contributed by atoms with Crippen LogP contribution in [0.3, 0.4) is 0 Å². The van der Waals surface area contributed by atoms with Crippen molar-refractivity contribution in [2.75, 3.05) is 9.80 Å². The Morgan fingerprint density at radius 1 is 0.296 bits per heavy atom. The van der Waals surface area contributed by atoms with Gasteiger partial charge in [-0.2, -0.15) is 0 Å². The van der Waals surface area contributed by atoms with Crippen molar-refractivity contribution < 1.29 is 0 Å². The zero-order valence-corrected chi connectivity index (χ0v) is 40.9. The van der Waals surface area contributed by atoms with E-state index in [4.69, 9.17) is 0 Å². The van der Waals surface area contributed by atoms with Gasteiger partial charge in [0, 0.05) is 34.1 Å². The van der Waals surface area contributed by atoms with Crippen molar-refractivity contribution in [1.29, 1.82) is 0 Å². The minimum Gasteiger partial charge on any atom is -0.311 e. The molecule has 3 heteroatoms. The summed E-state index contributed by atoms with van der Waals surface area (Å²) >= 11 is 0. The third-order valence-corrected chi connectivity index (χ3v) is 15.9. The fraction of sp³-hybridized carbons (Fsp3) is 0.118. The summed E-state index contributed by atoms with van der Waals surface area (Å²) in [4.78, 5) is 5.21. The lowest BCUT2D eigenvalue weighted by atomic mass is 9.33. The molecule has 71 heavy (non-hydrogen) atoms. The monoisotopic (exact) mass is 910 g/mol. The Kier molecular flexibility index (Phi) is 10.1. The Balaban J connectivity index is 1.13. The van der Waals surface area contributed by atoms with Crippen LogP contribution in [0.15, 0.2) is 237 Å². The standard InChI is InChI=1S/C68H55BN2/c1-67(2)35-36-68(3,4)59-45-65-61(44-58(59)67)69-60-34-33-51(46-21-10-5-11-22-46)43-64(60)70(56-39-52(47-23-12-6-13-24-47)37-53(40-56)48-25-14-7-15-26-48)62-31-20-32-63(66(62)69)71(65)57-41-54(49-27-16-8-17-28-49)38-55(42-57)50-29-18-9-19-30-50/h5-34,37-45H,35-36H2,1-4H3. The van der Waals surface area contributed by atoms with Crippen LogP contribution in [0.4, 0.5) is 34.1 Å². The predicted molar refractivity (Wildman–Crippen MR) is 303 cm³/mol. The second-order valence-corrected chi connectivity index (χ2v) is 21.2. The number of hydrogen-bond acceptors (Lipinski definition) is 2. The first kappa shape index (κ1) is 42.9. The average Bonchev–Trinajstić information content (AvgIpc) is 3.42. The van der Waals surface area contributed by atoms with Gasteiger partial charge in [0.1, 0.15) is 0 Å². The highest BCUT2D eigenvalue weighted by Gasteiger charge is 2.46. The van der Waals surface area contributed by atoms with Crippen LogP contribution in [0.1, 0.15) is 51.7 Å². The first-order valence-corrected chi connectivity index (χ1v) is 25.3. The largest absolute Gasteiger partial charge is 0.311 e. The zero-order chi connectivity index (χ0) is 47.8. The van der Waals surface area contributed by atoms with Crippen LogP contribution in [0.25, 0.3) is 55.6 Å². The number of rotatable bonds is 7. The maximum atomic E-state index is 2.65. The molecule has 13 rings (SSSR count). The predicted octanol–water partition coefficient (Wildman–Crippen LogP) is 16.5. The summed E-state index contributed by atoms with van der Waals surface area (Å²) in [6.45, 7) is 9.84. The molecule has 10 aromatic rings. The molecule has 340 valence electrons. The molecule has 0 atom stereocenters. The van der Waals surface area contributed by atoms with Crippen LogP contribution >= 0.6 is 0 Å². The minimum absolute atomic E-state index is 0.0147. The summed E-state index contributed by atoms with van der Waals surface area (Å²) in [5.74, 6) is 0. The lowest BCUT2D eigenvalue weighted by Gasteiger charge is -2.47. The molecule has 0 unspecified atom stereocenters. The van der Waals surface area contributed by atoms with Crippen molar-refractivity contribution in [2.45, 2.75) is 51.4 Å². The summed E-state index contributed by atoms with van der Waals surface area (Å²) in [5.41, 5.74) is 26.1. The van der Waals surface area contributed by atoms with Crippen molar-refractivity contribution in [3.05, 3.63) is 248 Å². The molecular formula is C68H55BN2. The van der Waals surface area contributed by atoms with Crippen molar-refractivity contribution in [2.24, 2.45) is 0 Å². The van der Waals surface area contributed by atoms with Gasteiger partial charge in [-0.15, -0.1) is 0 Å². The normalized spacial score (nSPS) is 14.8. The van der Waals surface area contributed by atoms with Gasteiger partial charge < -0.3 is 9.80 Å². The van der Waals surface area contributed by atoms with Crippen LogP contribution in [0.5, 0.6) is 0 Å². The smallest absolute Gasteiger partial charge is 0.252 e. The topological polar surface area (TPSA) is 6.48 Å². The third kappa shape index (κ3) is 7.33. The minimum atomic E-state index is -0.0218. The molecular weight excluding hydrogens is 856 g/mol. The fourth-order valence-electron chi connectivity index (χ4n) is 12.0. The van der Waals surface area contributed by atoms with Gasteiger partial charge in [0.2, 0.25) is 0 Å². The number of benzene rings is 10. The molecule has 0 N–H and O–H groups in total. The van der Waals surface area contributed by atoms with Crippen LogP contribution in [-0.4, -0.2) is 6.71 Å². The van der Waals surface area contributed by atoms with Gasteiger partial charge in [0.25, 0.3) is 6.71 Å². The van der Waals surface area contributed by atoms with Gasteiger partial charge in [-0.05, 0) is 167 Å². The van der Waals surface area contributed by atoms with E-state index in [0.717, 1.165) is 24.2 Å². The first-order valence-electron chi connectivity index (χ1n) is 25.3. The average molecular weight is 911 g/mol. The molecule has 0 amide bonds. The summed E-state index contributed by atoms with van der Waals surface area (Å²) in [6.07, 6.45) is 2.29. The summed E-state index contributed by atoms with van der Waals surface area (Å²) in [7, 11) is 0. The Morgan fingerprint density at radius 3 is 1.07 bits per heavy atom. The summed E-state index contributed by atoms with van der Waals surface area (Å²) < 4.78 is 0. The van der Waals surface area contributed by atoms with Gasteiger partial charge >= 0.3 is 0 Å². The van der Waals surface area contributed by atoms with Crippen LogP contribution < -0.4 is 26.2 Å². The van der Waals surface area contributed by atoms with Gasteiger partial charge in [-0.25, -0.2) is 0 Å². The van der Waals surface area contributed by atoms with Gasteiger partial charge in [-0.1, -0.05) is 204 Å². The molecule has 0 fully saturated rings. The lowest BCUT2D eigenvalue weighted by Crippen LogP contribution is -2.61. The number of nitrogens with zero attached hydrogens (tertiary/aromatic N) is 2. The third-order valence-electron chi connectivity index (χ3n) is 15.9. The van der Waals surface area contributed by atoms with Crippen molar-refractivity contribution in [3.8, 4) is 55.6 Å². The molecule has 10 aromatic carbocycles.